The molecule has 2 N–H and O–H groups in total. The van der Waals surface area contributed by atoms with E-state index in [1.807, 2.05) is 31.2 Å². The first-order chi connectivity index (χ1) is 12.6. The fourth-order valence-electron chi connectivity index (χ4n) is 2.94. The number of halogens is 1. The minimum absolute atomic E-state index is 0.0191. The lowest BCUT2D eigenvalue weighted by atomic mass is 10.1. The number of nitrogens with zero attached hydrogens (tertiary/aromatic N) is 2. The van der Waals surface area contributed by atoms with Crippen molar-refractivity contribution in [3.05, 3.63) is 29.3 Å². The lowest BCUT2D eigenvalue weighted by Gasteiger charge is -2.33. The molecule has 26 heavy (non-hydrogen) atoms. The highest BCUT2D eigenvalue weighted by Crippen LogP contribution is 2.16. The van der Waals surface area contributed by atoms with Crippen molar-refractivity contribution >= 4 is 17.6 Å². The molecule has 1 aliphatic rings. The summed E-state index contributed by atoms with van der Waals surface area (Å²) in [6.07, 6.45) is 2.24. The Kier molecular flexibility index (Phi) is 9.01. The van der Waals surface area contributed by atoms with Crippen molar-refractivity contribution in [3.8, 4) is 5.75 Å². The van der Waals surface area contributed by atoms with Gasteiger partial charge < -0.3 is 25.0 Å². The lowest BCUT2D eigenvalue weighted by Crippen LogP contribution is -2.50. The Hall–Kier alpha value is -1.50. The van der Waals surface area contributed by atoms with Crippen LogP contribution in [0.25, 0.3) is 0 Å². The van der Waals surface area contributed by atoms with E-state index >= 15 is 0 Å². The smallest absolute Gasteiger partial charge is 0.191 e. The number of piperidine rings is 1. The maximum atomic E-state index is 5.90. The molecule has 1 aliphatic heterocycles. The van der Waals surface area contributed by atoms with Gasteiger partial charge in [0.1, 0.15) is 11.9 Å². The number of guanidine groups is 1. The second-order valence-electron chi connectivity index (χ2n) is 6.59. The van der Waals surface area contributed by atoms with Crippen molar-refractivity contribution in [3.63, 3.8) is 0 Å². The van der Waals surface area contributed by atoms with Crippen molar-refractivity contribution in [2.75, 3.05) is 46.9 Å². The van der Waals surface area contributed by atoms with E-state index in [0.29, 0.717) is 17.6 Å². The van der Waals surface area contributed by atoms with E-state index in [-0.39, 0.29) is 6.10 Å². The minimum atomic E-state index is 0.0191. The topological polar surface area (TPSA) is 58.1 Å². The molecule has 2 rings (SSSR count). The molecular formula is C19H31ClN4O2. The molecule has 0 saturated carbocycles. The van der Waals surface area contributed by atoms with Crippen LogP contribution in [0.2, 0.25) is 5.02 Å². The van der Waals surface area contributed by atoms with Crippen LogP contribution in [0.15, 0.2) is 29.3 Å². The van der Waals surface area contributed by atoms with E-state index in [9.17, 15) is 0 Å². The zero-order valence-corrected chi connectivity index (χ0v) is 16.8. The maximum Gasteiger partial charge on any atom is 0.191 e. The van der Waals surface area contributed by atoms with Gasteiger partial charge in [-0.05, 0) is 44.0 Å². The number of likely N-dealkylation sites (tertiary alicyclic amines) is 1. The van der Waals surface area contributed by atoms with Crippen LogP contribution < -0.4 is 15.4 Å². The Bertz CT molecular complexity index is 545. The van der Waals surface area contributed by atoms with Gasteiger partial charge in [0.15, 0.2) is 5.96 Å². The molecule has 0 aliphatic carbocycles. The van der Waals surface area contributed by atoms with Gasteiger partial charge in [0.25, 0.3) is 0 Å². The van der Waals surface area contributed by atoms with Crippen LogP contribution in [0.1, 0.15) is 19.8 Å². The van der Waals surface area contributed by atoms with Gasteiger partial charge in [-0.25, -0.2) is 0 Å². The van der Waals surface area contributed by atoms with Gasteiger partial charge in [0, 0.05) is 44.9 Å². The van der Waals surface area contributed by atoms with Crippen LogP contribution in [0.5, 0.6) is 5.75 Å². The van der Waals surface area contributed by atoms with Gasteiger partial charge in [-0.1, -0.05) is 11.6 Å². The zero-order valence-electron chi connectivity index (χ0n) is 16.0. The van der Waals surface area contributed by atoms with Gasteiger partial charge >= 0.3 is 0 Å². The van der Waals surface area contributed by atoms with Crippen LogP contribution in [-0.2, 0) is 4.74 Å². The van der Waals surface area contributed by atoms with E-state index < -0.39 is 0 Å². The summed E-state index contributed by atoms with van der Waals surface area (Å²) in [5, 5.41) is 7.57. The number of nitrogens with one attached hydrogen (secondary N) is 2. The van der Waals surface area contributed by atoms with E-state index in [0.717, 1.165) is 50.8 Å². The average molecular weight is 383 g/mol. The lowest BCUT2D eigenvalue weighted by molar-refractivity contribution is 0.128. The Morgan fingerprint density at radius 3 is 2.62 bits per heavy atom. The Morgan fingerprint density at radius 1 is 1.31 bits per heavy atom. The summed E-state index contributed by atoms with van der Waals surface area (Å²) in [6.45, 7) is 6.70. The third-order valence-electron chi connectivity index (χ3n) is 4.47. The zero-order chi connectivity index (χ0) is 18.8. The molecule has 146 valence electrons. The standard InChI is InChI=1S/C19H31ClN4O2/c1-15(26-18-6-4-16(20)5-7-18)14-22-19(21-2)23-17-8-10-24(11-9-17)12-13-25-3/h4-7,15,17H,8-14H2,1-3H3,(H2,21,22,23). The van der Waals surface area contributed by atoms with Gasteiger partial charge in [0.05, 0.1) is 13.2 Å². The van der Waals surface area contributed by atoms with Crippen molar-refractivity contribution in [1.29, 1.82) is 0 Å². The highest BCUT2D eigenvalue weighted by molar-refractivity contribution is 6.30. The largest absolute Gasteiger partial charge is 0.489 e. The molecular weight excluding hydrogens is 352 g/mol. The van der Waals surface area contributed by atoms with E-state index in [1.54, 1.807) is 14.2 Å². The quantitative estimate of drug-likeness (QED) is 0.534. The van der Waals surface area contributed by atoms with Crippen molar-refractivity contribution < 1.29 is 9.47 Å². The molecule has 1 atom stereocenters. The molecule has 0 radical (unpaired) electrons. The number of ether oxygens (including phenoxy) is 2. The molecule has 6 nitrogen and oxygen atoms in total. The molecule has 0 spiro atoms. The Labute approximate surface area is 161 Å². The highest BCUT2D eigenvalue weighted by atomic mass is 35.5. The fraction of sp³-hybridized carbons (Fsp3) is 0.632. The number of rotatable bonds is 8. The minimum Gasteiger partial charge on any atom is -0.489 e. The van der Waals surface area contributed by atoms with Crippen molar-refractivity contribution in [2.24, 2.45) is 4.99 Å². The number of benzene rings is 1. The summed E-state index contributed by atoms with van der Waals surface area (Å²) in [4.78, 5) is 6.77. The number of hydrogen-bond donors (Lipinski definition) is 2. The molecule has 0 aromatic heterocycles. The Morgan fingerprint density at radius 2 is 2.00 bits per heavy atom. The van der Waals surface area contributed by atoms with Gasteiger partial charge in [-0.3, -0.25) is 4.99 Å². The molecule has 1 unspecified atom stereocenters. The fourth-order valence-corrected chi connectivity index (χ4v) is 3.06. The third-order valence-corrected chi connectivity index (χ3v) is 4.72. The average Bonchev–Trinajstić information content (AvgIpc) is 2.66. The van der Waals surface area contributed by atoms with Crippen LogP contribution in [0, 0.1) is 0 Å². The maximum absolute atomic E-state index is 5.90. The van der Waals surface area contributed by atoms with Crippen LogP contribution >= 0.6 is 11.6 Å². The van der Waals surface area contributed by atoms with Crippen LogP contribution in [0.3, 0.4) is 0 Å². The summed E-state index contributed by atoms with van der Waals surface area (Å²) >= 11 is 5.90. The van der Waals surface area contributed by atoms with Crippen molar-refractivity contribution in [2.45, 2.75) is 31.9 Å². The number of hydrogen-bond acceptors (Lipinski definition) is 4. The number of aliphatic imine (C=N–C) groups is 1. The molecule has 0 bridgehead atoms. The summed E-state index contributed by atoms with van der Waals surface area (Å²) < 4.78 is 11.0. The van der Waals surface area contributed by atoms with Crippen molar-refractivity contribution in [1.82, 2.24) is 15.5 Å². The van der Waals surface area contributed by atoms with E-state index in [1.165, 1.54) is 0 Å². The SMILES string of the molecule is CN=C(NCC(C)Oc1ccc(Cl)cc1)NC1CCN(CCOC)CC1. The second-order valence-corrected chi connectivity index (χ2v) is 7.02. The van der Waals surface area contributed by atoms with E-state index in [4.69, 9.17) is 21.1 Å². The second kappa shape index (κ2) is 11.3. The molecule has 1 aromatic rings. The van der Waals surface area contributed by atoms with Crippen LogP contribution in [0.4, 0.5) is 0 Å². The molecule has 0 amide bonds. The van der Waals surface area contributed by atoms with Gasteiger partial charge in [-0.2, -0.15) is 0 Å². The molecule has 7 heteroatoms. The van der Waals surface area contributed by atoms with Crippen LogP contribution in [-0.4, -0.2) is 69.9 Å². The summed E-state index contributed by atoms with van der Waals surface area (Å²) in [7, 11) is 3.55. The normalized spacial score (nSPS) is 17.8. The van der Waals surface area contributed by atoms with Gasteiger partial charge in [0.2, 0.25) is 0 Å². The van der Waals surface area contributed by atoms with E-state index in [2.05, 4.69) is 20.5 Å². The predicted molar refractivity (Wildman–Crippen MR) is 107 cm³/mol. The molecule has 1 heterocycles. The first-order valence-electron chi connectivity index (χ1n) is 9.21. The first kappa shape index (κ1) is 20.8. The monoisotopic (exact) mass is 382 g/mol. The molecule has 1 saturated heterocycles. The summed E-state index contributed by atoms with van der Waals surface area (Å²) in [5.41, 5.74) is 0. The molecule has 1 fully saturated rings. The number of methoxy groups -OCH3 is 1. The predicted octanol–water partition coefficient (Wildman–Crippen LogP) is 2.38. The summed E-state index contributed by atoms with van der Waals surface area (Å²) in [5.74, 6) is 1.64. The third kappa shape index (κ3) is 7.40. The summed E-state index contributed by atoms with van der Waals surface area (Å²) in [6, 6.07) is 7.87. The first-order valence-corrected chi connectivity index (χ1v) is 9.59. The Balaban J connectivity index is 1.68. The molecule has 1 aromatic carbocycles. The van der Waals surface area contributed by atoms with Gasteiger partial charge in [-0.15, -0.1) is 0 Å². The highest BCUT2D eigenvalue weighted by Gasteiger charge is 2.19.